The first-order valence-corrected chi connectivity index (χ1v) is 7.36. The highest BCUT2D eigenvalue weighted by atomic mass is 32.1. The monoisotopic (exact) mass is 308 g/mol. The highest BCUT2D eigenvalue weighted by Gasteiger charge is 2.17. The van der Waals surface area contributed by atoms with Gasteiger partial charge in [-0.3, -0.25) is 10.1 Å². The highest BCUT2D eigenvalue weighted by Crippen LogP contribution is 2.31. The standard InChI is InChI=1S/C13H16N4O3S/c1-3-7-14-13-16-15-11(21-13)8-20-12-9(2)5-4-6-10(12)17(18)19/h4-6H,3,7-8H2,1-2H3,(H,14,16). The molecule has 0 amide bonds. The lowest BCUT2D eigenvalue weighted by atomic mass is 10.2. The predicted molar refractivity (Wildman–Crippen MR) is 80.9 cm³/mol. The molecule has 0 aliphatic rings. The van der Waals surface area contributed by atoms with Gasteiger partial charge in [-0.25, -0.2) is 0 Å². The summed E-state index contributed by atoms with van der Waals surface area (Å²) < 4.78 is 5.57. The molecule has 2 rings (SSSR count). The van der Waals surface area contributed by atoms with E-state index in [1.807, 2.05) is 0 Å². The molecule has 1 aromatic heterocycles. The molecule has 0 aliphatic heterocycles. The molecule has 2 aromatic rings. The molecule has 0 unspecified atom stereocenters. The Labute approximate surface area is 126 Å². The van der Waals surface area contributed by atoms with Crippen molar-refractivity contribution in [2.24, 2.45) is 0 Å². The lowest BCUT2D eigenvalue weighted by molar-refractivity contribution is -0.386. The van der Waals surface area contributed by atoms with Crippen LogP contribution >= 0.6 is 11.3 Å². The van der Waals surface area contributed by atoms with Crippen molar-refractivity contribution in [3.8, 4) is 5.75 Å². The fourth-order valence-corrected chi connectivity index (χ4v) is 2.40. The number of rotatable bonds is 7. The molecule has 7 nitrogen and oxygen atoms in total. The van der Waals surface area contributed by atoms with Crippen molar-refractivity contribution in [1.82, 2.24) is 10.2 Å². The number of anilines is 1. The van der Waals surface area contributed by atoms with E-state index >= 15 is 0 Å². The number of aryl methyl sites for hydroxylation is 1. The quantitative estimate of drug-likeness (QED) is 0.624. The summed E-state index contributed by atoms with van der Waals surface area (Å²) in [5.74, 6) is 0.278. The first kappa shape index (κ1) is 15.2. The second-order valence-corrected chi connectivity index (χ2v) is 5.46. The lowest BCUT2D eigenvalue weighted by Crippen LogP contribution is -2.00. The molecular weight excluding hydrogens is 292 g/mol. The first-order chi connectivity index (χ1) is 10.1. The lowest BCUT2D eigenvalue weighted by Gasteiger charge is -2.07. The van der Waals surface area contributed by atoms with Crippen molar-refractivity contribution in [3.05, 3.63) is 38.9 Å². The molecule has 8 heteroatoms. The molecule has 0 aliphatic carbocycles. The van der Waals surface area contributed by atoms with Crippen LogP contribution in [0.15, 0.2) is 18.2 Å². The summed E-state index contributed by atoms with van der Waals surface area (Å²) >= 11 is 1.38. The van der Waals surface area contributed by atoms with Gasteiger partial charge in [0.2, 0.25) is 5.13 Å². The van der Waals surface area contributed by atoms with Gasteiger partial charge in [-0.1, -0.05) is 30.4 Å². The van der Waals surface area contributed by atoms with Gasteiger partial charge in [-0.05, 0) is 18.9 Å². The van der Waals surface area contributed by atoms with Crippen LogP contribution in [0.2, 0.25) is 0 Å². The zero-order chi connectivity index (χ0) is 15.2. The summed E-state index contributed by atoms with van der Waals surface area (Å²) in [4.78, 5) is 10.6. The fourth-order valence-electron chi connectivity index (χ4n) is 1.72. The van der Waals surface area contributed by atoms with E-state index in [0.717, 1.165) is 23.7 Å². The molecule has 112 valence electrons. The van der Waals surface area contributed by atoms with Gasteiger partial charge in [0.15, 0.2) is 10.8 Å². The molecule has 0 fully saturated rings. The maximum absolute atomic E-state index is 11.0. The van der Waals surface area contributed by atoms with Crippen molar-refractivity contribution in [1.29, 1.82) is 0 Å². The van der Waals surface area contributed by atoms with Gasteiger partial charge in [0.1, 0.15) is 6.61 Å². The van der Waals surface area contributed by atoms with E-state index < -0.39 is 4.92 Å². The molecule has 0 saturated carbocycles. The average Bonchev–Trinajstić information content (AvgIpc) is 2.91. The summed E-state index contributed by atoms with van der Waals surface area (Å²) in [6, 6.07) is 4.84. The van der Waals surface area contributed by atoms with Crippen molar-refractivity contribution in [2.75, 3.05) is 11.9 Å². The van der Waals surface area contributed by atoms with Gasteiger partial charge in [-0.15, -0.1) is 10.2 Å². The third-order valence-electron chi connectivity index (χ3n) is 2.72. The summed E-state index contributed by atoms with van der Waals surface area (Å²) in [5, 5.41) is 23.5. The Balaban J connectivity index is 2.06. The number of hydrogen-bond donors (Lipinski definition) is 1. The minimum absolute atomic E-state index is 0.0381. The zero-order valence-corrected chi connectivity index (χ0v) is 12.6. The van der Waals surface area contributed by atoms with E-state index in [1.165, 1.54) is 17.4 Å². The van der Waals surface area contributed by atoms with E-state index in [2.05, 4.69) is 22.4 Å². The summed E-state index contributed by atoms with van der Waals surface area (Å²) in [6.45, 7) is 4.84. The van der Waals surface area contributed by atoms with Gasteiger partial charge in [0.05, 0.1) is 4.92 Å². The Hall–Kier alpha value is -2.22. The van der Waals surface area contributed by atoms with Crippen LogP contribution in [0, 0.1) is 17.0 Å². The van der Waals surface area contributed by atoms with Crippen LogP contribution in [0.4, 0.5) is 10.8 Å². The molecule has 1 aromatic carbocycles. The predicted octanol–water partition coefficient (Wildman–Crippen LogP) is 3.16. The summed E-state index contributed by atoms with van der Waals surface area (Å²) in [7, 11) is 0. The maximum Gasteiger partial charge on any atom is 0.311 e. The van der Waals surface area contributed by atoms with Gasteiger partial charge >= 0.3 is 5.69 Å². The van der Waals surface area contributed by atoms with Crippen LogP contribution < -0.4 is 10.1 Å². The van der Waals surface area contributed by atoms with Crippen LogP contribution in [0.5, 0.6) is 5.75 Å². The average molecular weight is 308 g/mol. The Morgan fingerprint density at radius 3 is 2.95 bits per heavy atom. The topological polar surface area (TPSA) is 90.2 Å². The van der Waals surface area contributed by atoms with Crippen LogP contribution in [-0.2, 0) is 6.61 Å². The van der Waals surface area contributed by atoms with Crippen molar-refractivity contribution in [3.63, 3.8) is 0 Å². The smallest absolute Gasteiger partial charge is 0.311 e. The van der Waals surface area contributed by atoms with E-state index in [4.69, 9.17) is 4.74 Å². The molecule has 0 atom stereocenters. The second kappa shape index (κ2) is 6.98. The van der Waals surface area contributed by atoms with Crippen LogP contribution in [0.25, 0.3) is 0 Å². The third kappa shape index (κ3) is 3.88. The Bertz CT molecular complexity index is 630. The first-order valence-electron chi connectivity index (χ1n) is 6.55. The number of nitro groups is 1. The Morgan fingerprint density at radius 2 is 2.24 bits per heavy atom. The SMILES string of the molecule is CCCNc1nnc(COc2c(C)cccc2[N+](=O)[O-])s1. The van der Waals surface area contributed by atoms with Crippen LogP contribution in [-0.4, -0.2) is 21.7 Å². The van der Waals surface area contributed by atoms with E-state index in [0.29, 0.717) is 5.01 Å². The Kier molecular flexibility index (Phi) is 5.04. The summed E-state index contributed by atoms with van der Waals surface area (Å²) in [6.07, 6.45) is 1.00. The molecule has 0 bridgehead atoms. The molecule has 0 radical (unpaired) electrons. The Morgan fingerprint density at radius 1 is 1.43 bits per heavy atom. The largest absolute Gasteiger partial charge is 0.479 e. The maximum atomic E-state index is 11.0. The minimum Gasteiger partial charge on any atom is -0.479 e. The number of aromatic nitrogens is 2. The molecule has 0 saturated heterocycles. The fraction of sp³-hybridized carbons (Fsp3) is 0.385. The van der Waals surface area contributed by atoms with Gasteiger partial charge in [0, 0.05) is 12.6 Å². The molecule has 1 N–H and O–H groups in total. The van der Waals surface area contributed by atoms with Gasteiger partial charge in [0.25, 0.3) is 0 Å². The van der Waals surface area contributed by atoms with Crippen molar-refractivity contribution in [2.45, 2.75) is 26.9 Å². The molecule has 21 heavy (non-hydrogen) atoms. The van der Waals surface area contributed by atoms with Gasteiger partial charge < -0.3 is 10.1 Å². The molecule has 1 heterocycles. The van der Waals surface area contributed by atoms with Crippen LogP contribution in [0.3, 0.4) is 0 Å². The number of para-hydroxylation sites is 1. The van der Waals surface area contributed by atoms with E-state index in [-0.39, 0.29) is 18.0 Å². The third-order valence-corrected chi connectivity index (χ3v) is 3.58. The molecule has 0 spiro atoms. The van der Waals surface area contributed by atoms with E-state index in [9.17, 15) is 10.1 Å². The van der Waals surface area contributed by atoms with Crippen molar-refractivity contribution < 1.29 is 9.66 Å². The van der Waals surface area contributed by atoms with Crippen LogP contribution in [0.1, 0.15) is 23.9 Å². The van der Waals surface area contributed by atoms with Crippen molar-refractivity contribution >= 4 is 22.2 Å². The number of ether oxygens (including phenoxy) is 1. The highest BCUT2D eigenvalue weighted by molar-refractivity contribution is 7.15. The number of nitro benzene ring substituents is 1. The van der Waals surface area contributed by atoms with E-state index in [1.54, 1.807) is 19.1 Å². The normalized spacial score (nSPS) is 10.4. The number of hydrogen-bond acceptors (Lipinski definition) is 7. The van der Waals surface area contributed by atoms with Gasteiger partial charge in [-0.2, -0.15) is 0 Å². The summed E-state index contributed by atoms with van der Waals surface area (Å²) in [5.41, 5.74) is 0.682. The zero-order valence-electron chi connectivity index (χ0n) is 11.8. The molecular formula is C13H16N4O3S. The second-order valence-electron chi connectivity index (χ2n) is 4.40. The number of nitrogens with zero attached hydrogens (tertiary/aromatic N) is 3. The minimum atomic E-state index is -0.448. The number of benzene rings is 1. The number of nitrogens with one attached hydrogen (secondary N) is 1.